The summed E-state index contributed by atoms with van der Waals surface area (Å²) in [5.41, 5.74) is 5.16. The molecule has 0 amide bonds. The van der Waals surface area contributed by atoms with Crippen molar-refractivity contribution in [2.45, 2.75) is 6.54 Å². The predicted molar refractivity (Wildman–Crippen MR) is 113 cm³/mol. The largest absolute Gasteiger partial charge is 0.454 e. The first kappa shape index (κ1) is 17.4. The average Bonchev–Trinajstić information content (AvgIpc) is 3.39. The van der Waals surface area contributed by atoms with Crippen LogP contribution in [0.25, 0.3) is 16.9 Å². The molecule has 3 heterocycles. The Balaban J connectivity index is 1.46. The molecule has 5 rings (SSSR count). The van der Waals surface area contributed by atoms with Crippen LogP contribution in [0, 0.1) is 0 Å². The molecule has 0 aliphatic carbocycles. The smallest absolute Gasteiger partial charge is 0.231 e. The number of nitrogens with zero attached hydrogens (tertiary/aromatic N) is 4. The number of benzene rings is 2. The highest BCUT2D eigenvalue weighted by molar-refractivity contribution is 5.79. The Labute approximate surface area is 168 Å². The van der Waals surface area contributed by atoms with Crippen LogP contribution in [0.15, 0.2) is 61.1 Å². The summed E-state index contributed by atoms with van der Waals surface area (Å²) < 4.78 is 12.9. The van der Waals surface area contributed by atoms with Gasteiger partial charge in [0.25, 0.3) is 0 Å². The second-order valence-electron chi connectivity index (χ2n) is 7.07. The van der Waals surface area contributed by atoms with Gasteiger partial charge in [0.05, 0.1) is 11.9 Å². The Morgan fingerprint density at radius 3 is 2.83 bits per heavy atom. The minimum atomic E-state index is 0.276. The first-order valence-corrected chi connectivity index (χ1v) is 9.42. The molecule has 7 nitrogen and oxygen atoms in total. The normalized spacial score (nSPS) is 12.3. The van der Waals surface area contributed by atoms with Gasteiger partial charge >= 0.3 is 0 Å². The third-order valence-electron chi connectivity index (χ3n) is 4.99. The van der Waals surface area contributed by atoms with E-state index in [1.807, 2.05) is 56.8 Å². The van der Waals surface area contributed by atoms with Crippen LogP contribution in [0.4, 0.5) is 11.5 Å². The lowest BCUT2D eigenvalue weighted by atomic mass is 10.1. The maximum atomic E-state index is 5.46. The zero-order valence-corrected chi connectivity index (χ0v) is 16.3. The van der Waals surface area contributed by atoms with Crippen molar-refractivity contribution in [2.75, 3.05) is 31.1 Å². The van der Waals surface area contributed by atoms with Gasteiger partial charge < -0.3 is 19.7 Å². The van der Waals surface area contributed by atoms with Crippen LogP contribution in [0.3, 0.4) is 0 Å². The van der Waals surface area contributed by atoms with E-state index in [0.29, 0.717) is 6.54 Å². The molecule has 2 aromatic carbocycles. The summed E-state index contributed by atoms with van der Waals surface area (Å²) in [7, 11) is 4.09. The van der Waals surface area contributed by atoms with E-state index >= 15 is 0 Å². The molecule has 0 radical (unpaired) electrons. The predicted octanol–water partition coefficient (Wildman–Crippen LogP) is 3.80. The Hall–Kier alpha value is -3.74. The molecule has 0 unspecified atom stereocenters. The highest BCUT2D eigenvalue weighted by Gasteiger charge is 2.15. The standard InChI is InChI=1S/C22H21N5O2/c1-26(2)17-6-4-3-5-16(17)18-13-25-22-21(23-9-10-27(18)22)24-12-15-7-8-19-20(11-15)29-14-28-19/h3-11,13H,12,14H2,1-2H3,(H,23,24). The Morgan fingerprint density at radius 1 is 1.07 bits per heavy atom. The van der Waals surface area contributed by atoms with Crippen molar-refractivity contribution in [3.63, 3.8) is 0 Å². The average molecular weight is 387 g/mol. The van der Waals surface area contributed by atoms with Crippen molar-refractivity contribution in [3.05, 3.63) is 66.6 Å². The van der Waals surface area contributed by atoms with Crippen LogP contribution in [-0.2, 0) is 6.54 Å². The maximum Gasteiger partial charge on any atom is 0.231 e. The number of imidazole rings is 1. The van der Waals surface area contributed by atoms with Crippen LogP contribution in [0.1, 0.15) is 5.56 Å². The minimum Gasteiger partial charge on any atom is -0.454 e. The highest BCUT2D eigenvalue weighted by atomic mass is 16.7. The van der Waals surface area contributed by atoms with Crippen LogP contribution in [0.5, 0.6) is 11.5 Å². The number of ether oxygens (including phenoxy) is 2. The first-order chi connectivity index (χ1) is 14.2. The number of hydrogen-bond donors (Lipinski definition) is 1. The van der Waals surface area contributed by atoms with Gasteiger partial charge in [0.15, 0.2) is 23.0 Å². The lowest BCUT2D eigenvalue weighted by Gasteiger charge is -2.17. The molecule has 0 fully saturated rings. The summed E-state index contributed by atoms with van der Waals surface area (Å²) in [4.78, 5) is 11.2. The molecular formula is C22H21N5O2. The fraction of sp³-hybridized carbons (Fsp3) is 0.182. The van der Waals surface area contributed by atoms with E-state index in [2.05, 4.69) is 36.7 Å². The van der Waals surface area contributed by atoms with E-state index in [-0.39, 0.29) is 6.79 Å². The molecule has 0 spiro atoms. The van der Waals surface area contributed by atoms with Gasteiger partial charge in [-0.05, 0) is 23.8 Å². The van der Waals surface area contributed by atoms with Gasteiger partial charge in [-0.3, -0.25) is 4.40 Å². The molecule has 2 aromatic heterocycles. The van der Waals surface area contributed by atoms with Gasteiger partial charge in [-0.25, -0.2) is 9.97 Å². The molecule has 0 bridgehead atoms. The second-order valence-corrected chi connectivity index (χ2v) is 7.07. The summed E-state index contributed by atoms with van der Waals surface area (Å²) in [6.45, 7) is 0.887. The number of rotatable bonds is 5. The second kappa shape index (κ2) is 7.01. The monoisotopic (exact) mass is 387 g/mol. The lowest BCUT2D eigenvalue weighted by molar-refractivity contribution is 0.174. The number of anilines is 2. The molecule has 0 saturated carbocycles. The van der Waals surface area contributed by atoms with Crippen molar-refractivity contribution in [2.24, 2.45) is 0 Å². The molecule has 1 aliphatic heterocycles. The quantitative estimate of drug-likeness (QED) is 0.562. The Morgan fingerprint density at radius 2 is 1.93 bits per heavy atom. The molecule has 1 aliphatic rings. The number of hydrogen-bond acceptors (Lipinski definition) is 6. The van der Waals surface area contributed by atoms with Crippen LogP contribution < -0.4 is 19.7 Å². The van der Waals surface area contributed by atoms with E-state index < -0.39 is 0 Å². The molecule has 0 atom stereocenters. The van der Waals surface area contributed by atoms with E-state index in [0.717, 1.165) is 45.5 Å². The fourth-order valence-electron chi connectivity index (χ4n) is 3.56. The van der Waals surface area contributed by atoms with Crippen LogP contribution >= 0.6 is 0 Å². The summed E-state index contributed by atoms with van der Waals surface area (Å²) in [6.07, 6.45) is 5.62. The first-order valence-electron chi connectivity index (χ1n) is 9.42. The lowest BCUT2D eigenvalue weighted by Crippen LogP contribution is -2.10. The Bertz CT molecular complexity index is 1190. The van der Waals surface area contributed by atoms with Crippen molar-refractivity contribution < 1.29 is 9.47 Å². The third-order valence-corrected chi connectivity index (χ3v) is 4.99. The molecule has 146 valence electrons. The molecular weight excluding hydrogens is 366 g/mol. The summed E-state index contributed by atoms with van der Waals surface area (Å²) in [5, 5.41) is 3.40. The van der Waals surface area contributed by atoms with Gasteiger partial charge in [-0.15, -0.1) is 0 Å². The molecule has 7 heteroatoms. The topological polar surface area (TPSA) is 63.9 Å². The molecule has 4 aromatic rings. The minimum absolute atomic E-state index is 0.276. The Kier molecular flexibility index (Phi) is 4.20. The van der Waals surface area contributed by atoms with E-state index in [9.17, 15) is 0 Å². The van der Waals surface area contributed by atoms with Crippen molar-refractivity contribution in [3.8, 4) is 22.8 Å². The highest BCUT2D eigenvalue weighted by Crippen LogP contribution is 2.33. The van der Waals surface area contributed by atoms with Crippen LogP contribution in [0.2, 0.25) is 0 Å². The van der Waals surface area contributed by atoms with Gasteiger partial charge in [0.2, 0.25) is 6.79 Å². The van der Waals surface area contributed by atoms with Gasteiger partial charge in [0, 0.05) is 44.3 Å². The third kappa shape index (κ3) is 3.10. The fourth-order valence-corrected chi connectivity index (χ4v) is 3.56. The van der Waals surface area contributed by atoms with Gasteiger partial charge in [0.1, 0.15) is 0 Å². The summed E-state index contributed by atoms with van der Waals surface area (Å²) in [6, 6.07) is 14.2. The number of aromatic nitrogens is 3. The molecule has 1 N–H and O–H groups in total. The van der Waals surface area contributed by atoms with Crippen molar-refractivity contribution >= 4 is 17.2 Å². The van der Waals surface area contributed by atoms with Crippen molar-refractivity contribution in [1.29, 1.82) is 0 Å². The SMILES string of the molecule is CN(C)c1ccccc1-c1cnc2c(NCc3ccc4c(c3)OCO4)nccn12. The molecule has 29 heavy (non-hydrogen) atoms. The zero-order chi connectivity index (χ0) is 19.8. The number of fused-ring (bicyclic) bond motifs is 2. The van der Waals surface area contributed by atoms with Gasteiger partial charge in [-0.1, -0.05) is 24.3 Å². The van der Waals surface area contributed by atoms with Crippen molar-refractivity contribution in [1.82, 2.24) is 14.4 Å². The van der Waals surface area contributed by atoms with E-state index in [4.69, 9.17) is 9.47 Å². The van der Waals surface area contributed by atoms with Gasteiger partial charge in [-0.2, -0.15) is 0 Å². The van der Waals surface area contributed by atoms with Crippen LogP contribution in [-0.4, -0.2) is 35.3 Å². The zero-order valence-electron chi connectivity index (χ0n) is 16.3. The summed E-state index contributed by atoms with van der Waals surface area (Å²) >= 11 is 0. The maximum absolute atomic E-state index is 5.46. The van der Waals surface area contributed by atoms with E-state index in [1.165, 1.54) is 0 Å². The molecule has 0 saturated heterocycles. The van der Waals surface area contributed by atoms with E-state index in [1.54, 1.807) is 6.20 Å². The number of para-hydroxylation sites is 1. The number of nitrogens with one attached hydrogen (secondary N) is 1. The summed E-state index contributed by atoms with van der Waals surface area (Å²) in [5.74, 6) is 2.30.